The molecule has 1 aromatic carbocycles. The second-order valence-electron chi connectivity index (χ2n) is 6.42. The third-order valence-electron chi connectivity index (χ3n) is 4.55. The van der Waals surface area contributed by atoms with E-state index < -0.39 is 0 Å². The number of aryl methyl sites for hydroxylation is 2. The molecule has 0 aliphatic carbocycles. The van der Waals surface area contributed by atoms with Gasteiger partial charge in [0.05, 0.1) is 12.5 Å². The first-order valence-corrected chi connectivity index (χ1v) is 8.78. The standard InChI is InChI=1S/C19H24N4O2/c1-4-25-19(24)16-9-11-23(12-10-16)18-14(3)21-22-17(20-18)15-7-5-13(2)6-8-15/h5-8,16H,4,9-12H2,1-3H3. The van der Waals surface area contributed by atoms with E-state index in [1.54, 1.807) is 0 Å². The van der Waals surface area contributed by atoms with Crippen LogP contribution in [0.15, 0.2) is 24.3 Å². The number of nitrogens with zero attached hydrogens (tertiary/aromatic N) is 4. The second kappa shape index (κ2) is 7.59. The Morgan fingerprint density at radius 1 is 1.16 bits per heavy atom. The Labute approximate surface area is 148 Å². The Bertz CT molecular complexity index is 738. The predicted octanol–water partition coefficient (Wildman–Crippen LogP) is 2.93. The van der Waals surface area contributed by atoms with E-state index in [0.29, 0.717) is 12.4 Å². The van der Waals surface area contributed by atoms with Crippen molar-refractivity contribution >= 4 is 11.8 Å². The molecular weight excluding hydrogens is 316 g/mol. The molecule has 1 aliphatic heterocycles. The topological polar surface area (TPSA) is 68.2 Å². The minimum atomic E-state index is -0.0833. The summed E-state index contributed by atoms with van der Waals surface area (Å²) in [5.41, 5.74) is 2.97. The van der Waals surface area contributed by atoms with Crippen molar-refractivity contribution in [2.75, 3.05) is 24.6 Å². The lowest BCUT2D eigenvalue weighted by molar-refractivity contribution is -0.148. The van der Waals surface area contributed by atoms with Crippen molar-refractivity contribution in [2.45, 2.75) is 33.6 Å². The number of carbonyl (C=O) groups excluding carboxylic acids is 1. The minimum Gasteiger partial charge on any atom is -0.466 e. The first kappa shape index (κ1) is 17.3. The summed E-state index contributed by atoms with van der Waals surface area (Å²) in [5.74, 6) is 1.39. The Balaban J connectivity index is 1.76. The molecule has 0 saturated carbocycles. The molecule has 1 aliphatic rings. The van der Waals surface area contributed by atoms with Crippen LogP contribution < -0.4 is 4.90 Å². The average Bonchev–Trinajstić information content (AvgIpc) is 2.63. The molecule has 0 unspecified atom stereocenters. The van der Waals surface area contributed by atoms with Crippen LogP contribution in [0.4, 0.5) is 5.82 Å². The predicted molar refractivity (Wildman–Crippen MR) is 96.3 cm³/mol. The van der Waals surface area contributed by atoms with E-state index in [1.807, 2.05) is 38.1 Å². The number of aromatic nitrogens is 3. The summed E-state index contributed by atoms with van der Waals surface area (Å²) >= 11 is 0. The van der Waals surface area contributed by atoms with Gasteiger partial charge in [-0.05, 0) is 33.6 Å². The molecule has 0 amide bonds. The number of esters is 1. The molecule has 1 saturated heterocycles. The van der Waals surface area contributed by atoms with Crippen LogP contribution in [0.25, 0.3) is 11.4 Å². The maximum atomic E-state index is 11.9. The normalized spacial score (nSPS) is 15.2. The minimum absolute atomic E-state index is 0.0112. The van der Waals surface area contributed by atoms with E-state index in [2.05, 4.69) is 22.0 Å². The summed E-state index contributed by atoms with van der Waals surface area (Å²) in [5, 5.41) is 8.53. The van der Waals surface area contributed by atoms with Crippen molar-refractivity contribution < 1.29 is 9.53 Å². The summed E-state index contributed by atoms with van der Waals surface area (Å²) < 4.78 is 5.14. The smallest absolute Gasteiger partial charge is 0.309 e. The van der Waals surface area contributed by atoms with Crippen LogP contribution in [-0.2, 0) is 9.53 Å². The van der Waals surface area contributed by atoms with Crippen molar-refractivity contribution in [3.05, 3.63) is 35.5 Å². The lowest BCUT2D eigenvalue weighted by Crippen LogP contribution is -2.38. The fourth-order valence-corrected chi connectivity index (χ4v) is 3.08. The first-order valence-electron chi connectivity index (χ1n) is 8.78. The second-order valence-corrected chi connectivity index (χ2v) is 6.42. The third kappa shape index (κ3) is 3.95. The van der Waals surface area contributed by atoms with Crippen LogP contribution >= 0.6 is 0 Å². The highest BCUT2D eigenvalue weighted by Crippen LogP contribution is 2.26. The molecule has 3 rings (SSSR count). The first-order chi connectivity index (χ1) is 12.1. The summed E-state index contributed by atoms with van der Waals surface area (Å²) in [6.45, 7) is 7.80. The van der Waals surface area contributed by atoms with E-state index >= 15 is 0 Å². The van der Waals surface area contributed by atoms with Gasteiger partial charge >= 0.3 is 5.97 Å². The highest BCUT2D eigenvalue weighted by Gasteiger charge is 2.27. The molecular formula is C19H24N4O2. The van der Waals surface area contributed by atoms with E-state index in [9.17, 15) is 4.79 Å². The molecule has 6 heteroatoms. The van der Waals surface area contributed by atoms with E-state index in [4.69, 9.17) is 9.72 Å². The fourth-order valence-electron chi connectivity index (χ4n) is 3.08. The molecule has 2 aromatic rings. The zero-order valence-electron chi connectivity index (χ0n) is 15.0. The maximum absolute atomic E-state index is 11.9. The monoisotopic (exact) mass is 340 g/mol. The number of rotatable bonds is 4. The van der Waals surface area contributed by atoms with E-state index in [1.165, 1.54) is 5.56 Å². The van der Waals surface area contributed by atoms with Gasteiger partial charge in [0.1, 0.15) is 5.69 Å². The van der Waals surface area contributed by atoms with Crippen LogP contribution in [0, 0.1) is 19.8 Å². The van der Waals surface area contributed by atoms with Gasteiger partial charge in [0.2, 0.25) is 0 Å². The Morgan fingerprint density at radius 2 is 1.84 bits per heavy atom. The summed E-state index contributed by atoms with van der Waals surface area (Å²) in [6, 6.07) is 8.11. The van der Waals surface area contributed by atoms with Crippen LogP contribution in [0.3, 0.4) is 0 Å². The van der Waals surface area contributed by atoms with Crippen molar-refractivity contribution in [2.24, 2.45) is 5.92 Å². The van der Waals surface area contributed by atoms with E-state index in [-0.39, 0.29) is 11.9 Å². The number of hydrogen-bond donors (Lipinski definition) is 0. The lowest BCUT2D eigenvalue weighted by atomic mass is 9.97. The number of benzene rings is 1. The third-order valence-corrected chi connectivity index (χ3v) is 4.55. The van der Waals surface area contributed by atoms with Crippen molar-refractivity contribution in [3.63, 3.8) is 0 Å². The number of carbonyl (C=O) groups is 1. The van der Waals surface area contributed by atoms with E-state index in [0.717, 1.165) is 43.0 Å². The fraction of sp³-hybridized carbons (Fsp3) is 0.474. The summed E-state index contributed by atoms with van der Waals surface area (Å²) in [4.78, 5) is 18.8. The lowest BCUT2D eigenvalue weighted by Gasteiger charge is -2.32. The van der Waals surface area contributed by atoms with Crippen LogP contribution in [-0.4, -0.2) is 40.8 Å². The summed E-state index contributed by atoms with van der Waals surface area (Å²) in [7, 11) is 0. The van der Waals surface area contributed by atoms with Gasteiger partial charge in [-0.2, -0.15) is 0 Å². The van der Waals surface area contributed by atoms with Crippen molar-refractivity contribution in [3.8, 4) is 11.4 Å². The number of hydrogen-bond acceptors (Lipinski definition) is 6. The molecule has 2 heterocycles. The van der Waals surface area contributed by atoms with Crippen LogP contribution in [0.2, 0.25) is 0 Å². The highest BCUT2D eigenvalue weighted by atomic mass is 16.5. The maximum Gasteiger partial charge on any atom is 0.309 e. The zero-order chi connectivity index (χ0) is 17.8. The summed E-state index contributed by atoms with van der Waals surface area (Å²) in [6.07, 6.45) is 1.56. The van der Waals surface area contributed by atoms with Gasteiger partial charge in [-0.25, -0.2) is 4.98 Å². The van der Waals surface area contributed by atoms with Gasteiger partial charge in [0.25, 0.3) is 0 Å². The Kier molecular flexibility index (Phi) is 5.26. The molecule has 1 fully saturated rings. The van der Waals surface area contributed by atoms with Crippen molar-refractivity contribution in [1.29, 1.82) is 0 Å². The number of ether oxygens (including phenoxy) is 1. The molecule has 0 atom stereocenters. The van der Waals surface area contributed by atoms with Gasteiger partial charge in [0, 0.05) is 18.7 Å². The van der Waals surface area contributed by atoms with Gasteiger partial charge in [0.15, 0.2) is 11.6 Å². The Hall–Kier alpha value is -2.50. The highest BCUT2D eigenvalue weighted by molar-refractivity contribution is 5.73. The zero-order valence-corrected chi connectivity index (χ0v) is 15.0. The number of piperidine rings is 1. The van der Waals surface area contributed by atoms with Crippen LogP contribution in [0.1, 0.15) is 31.0 Å². The van der Waals surface area contributed by atoms with Gasteiger partial charge in [-0.1, -0.05) is 29.8 Å². The van der Waals surface area contributed by atoms with Gasteiger partial charge < -0.3 is 9.64 Å². The largest absolute Gasteiger partial charge is 0.466 e. The SMILES string of the molecule is CCOC(=O)C1CCN(c2nc(-c3ccc(C)cc3)nnc2C)CC1. The molecule has 132 valence electrons. The molecule has 0 spiro atoms. The molecule has 1 aromatic heterocycles. The van der Waals surface area contributed by atoms with Gasteiger partial charge in [-0.3, -0.25) is 4.79 Å². The molecule has 25 heavy (non-hydrogen) atoms. The molecule has 0 N–H and O–H groups in total. The molecule has 0 bridgehead atoms. The number of anilines is 1. The quantitative estimate of drug-likeness (QED) is 0.797. The Morgan fingerprint density at radius 3 is 2.48 bits per heavy atom. The molecule has 6 nitrogen and oxygen atoms in total. The van der Waals surface area contributed by atoms with Crippen molar-refractivity contribution in [1.82, 2.24) is 15.2 Å². The van der Waals surface area contributed by atoms with Crippen LogP contribution in [0.5, 0.6) is 0 Å². The molecule has 0 radical (unpaired) electrons. The van der Waals surface area contributed by atoms with Gasteiger partial charge in [-0.15, -0.1) is 10.2 Å². The average molecular weight is 340 g/mol.